The highest BCUT2D eigenvalue weighted by Gasteiger charge is 2.35. The number of alkyl halides is 3. The summed E-state index contributed by atoms with van der Waals surface area (Å²) in [4.78, 5) is 25.5. The number of nitrogens with two attached hydrogens (primary N) is 1. The minimum Gasteiger partial charge on any atom is -0.370 e. The zero-order valence-corrected chi connectivity index (χ0v) is 15.7. The van der Waals surface area contributed by atoms with Crippen LogP contribution in [0.3, 0.4) is 0 Å². The topological polar surface area (TPSA) is 87.5 Å². The van der Waals surface area contributed by atoms with Gasteiger partial charge >= 0.3 is 6.18 Å². The molecule has 1 aliphatic rings. The number of nitrogens with one attached hydrogen (secondary N) is 2. The average molecular weight is 400 g/mol. The standard InChI is InChI=1S/C19H27F3N4O2/c20-19(21,22)13-25-18(28)16-12-24-9-10-26(16)15(7-4-8-17(23)27)11-14-5-2-1-3-6-14/h1-3,5-6,15-16,24H,4,7-13H2,(H2,23,27)(H,25,28). The van der Waals surface area contributed by atoms with E-state index in [9.17, 15) is 22.8 Å². The second-order valence-electron chi connectivity index (χ2n) is 6.99. The van der Waals surface area contributed by atoms with Crippen molar-refractivity contribution >= 4 is 11.8 Å². The molecule has 1 aliphatic heterocycles. The maximum atomic E-state index is 12.5. The van der Waals surface area contributed by atoms with E-state index in [0.717, 1.165) is 5.56 Å². The summed E-state index contributed by atoms with van der Waals surface area (Å²) >= 11 is 0. The molecule has 0 aliphatic carbocycles. The first kappa shape index (κ1) is 22.2. The minimum atomic E-state index is -4.45. The lowest BCUT2D eigenvalue weighted by molar-refractivity contribution is -0.142. The number of nitrogens with zero attached hydrogens (tertiary/aromatic N) is 1. The van der Waals surface area contributed by atoms with Gasteiger partial charge in [0.15, 0.2) is 0 Å². The van der Waals surface area contributed by atoms with E-state index < -0.39 is 30.6 Å². The van der Waals surface area contributed by atoms with Crippen molar-refractivity contribution in [2.75, 3.05) is 26.2 Å². The second kappa shape index (κ2) is 10.4. The van der Waals surface area contributed by atoms with E-state index in [4.69, 9.17) is 5.73 Å². The van der Waals surface area contributed by atoms with Gasteiger partial charge in [-0.05, 0) is 24.8 Å². The Morgan fingerprint density at radius 1 is 1.29 bits per heavy atom. The van der Waals surface area contributed by atoms with Crippen LogP contribution in [0.15, 0.2) is 30.3 Å². The first-order chi connectivity index (χ1) is 13.3. The fourth-order valence-electron chi connectivity index (χ4n) is 3.49. The van der Waals surface area contributed by atoms with E-state index in [1.807, 2.05) is 40.5 Å². The van der Waals surface area contributed by atoms with Gasteiger partial charge in [0, 0.05) is 32.1 Å². The molecule has 2 unspecified atom stereocenters. The number of primary amides is 1. The Hall–Kier alpha value is -2.13. The van der Waals surface area contributed by atoms with Crippen molar-refractivity contribution in [2.45, 2.75) is 43.9 Å². The van der Waals surface area contributed by atoms with E-state index in [-0.39, 0.29) is 19.0 Å². The molecule has 0 saturated carbocycles. The zero-order valence-electron chi connectivity index (χ0n) is 15.7. The average Bonchev–Trinajstić information content (AvgIpc) is 2.65. The van der Waals surface area contributed by atoms with Crippen molar-refractivity contribution in [1.29, 1.82) is 0 Å². The summed E-state index contributed by atoms with van der Waals surface area (Å²) in [6, 6.07) is 8.92. The monoisotopic (exact) mass is 400 g/mol. The minimum absolute atomic E-state index is 0.0783. The fraction of sp³-hybridized carbons (Fsp3) is 0.579. The molecule has 1 heterocycles. The normalized spacial score (nSPS) is 19.2. The summed E-state index contributed by atoms with van der Waals surface area (Å²) in [6.07, 6.45) is -2.38. The van der Waals surface area contributed by atoms with Gasteiger partial charge in [-0.15, -0.1) is 0 Å². The predicted molar refractivity (Wildman–Crippen MR) is 99.4 cm³/mol. The van der Waals surface area contributed by atoms with Gasteiger partial charge in [0.2, 0.25) is 11.8 Å². The van der Waals surface area contributed by atoms with Crippen LogP contribution in [0.25, 0.3) is 0 Å². The van der Waals surface area contributed by atoms with Crippen LogP contribution >= 0.6 is 0 Å². The lowest BCUT2D eigenvalue weighted by Gasteiger charge is -2.41. The Balaban J connectivity index is 2.11. The van der Waals surface area contributed by atoms with E-state index in [0.29, 0.717) is 32.4 Å². The lowest BCUT2D eigenvalue weighted by atomic mass is 9.96. The van der Waals surface area contributed by atoms with E-state index in [1.165, 1.54) is 0 Å². The number of hydrogen-bond donors (Lipinski definition) is 3. The Morgan fingerprint density at radius 3 is 2.64 bits per heavy atom. The van der Waals surface area contributed by atoms with Gasteiger partial charge in [0.1, 0.15) is 12.6 Å². The summed E-state index contributed by atoms with van der Waals surface area (Å²) < 4.78 is 37.4. The van der Waals surface area contributed by atoms with Crippen LogP contribution in [0.1, 0.15) is 24.8 Å². The molecule has 1 saturated heterocycles. The summed E-state index contributed by atoms with van der Waals surface area (Å²) in [5.41, 5.74) is 6.30. The molecule has 2 rings (SSSR count). The van der Waals surface area contributed by atoms with Crippen molar-refractivity contribution < 1.29 is 22.8 Å². The summed E-state index contributed by atoms with van der Waals surface area (Å²) in [5.74, 6) is -1.03. The van der Waals surface area contributed by atoms with Gasteiger partial charge in [-0.2, -0.15) is 13.2 Å². The van der Waals surface area contributed by atoms with E-state index >= 15 is 0 Å². The van der Waals surface area contributed by atoms with Gasteiger partial charge < -0.3 is 16.4 Å². The molecule has 6 nitrogen and oxygen atoms in total. The fourth-order valence-corrected chi connectivity index (χ4v) is 3.49. The first-order valence-electron chi connectivity index (χ1n) is 9.39. The highest BCUT2D eigenvalue weighted by molar-refractivity contribution is 5.82. The van der Waals surface area contributed by atoms with E-state index in [2.05, 4.69) is 5.32 Å². The quantitative estimate of drug-likeness (QED) is 0.582. The Labute approximate surface area is 162 Å². The molecule has 1 fully saturated rings. The molecule has 0 aromatic heterocycles. The number of rotatable bonds is 9. The number of piperazine rings is 1. The molecule has 4 N–H and O–H groups in total. The van der Waals surface area contributed by atoms with Crippen molar-refractivity contribution in [3.05, 3.63) is 35.9 Å². The third kappa shape index (κ3) is 7.47. The van der Waals surface area contributed by atoms with Gasteiger partial charge in [0.25, 0.3) is 0 Å². The molecule has 1 aromatic carbocycles. The van der Waals surface area contributed by atoms with Crippen LogP contribution < -0.4 is 16.4 Å². The summed E-state index contributed by atoms with van der Waals surface area (Å²) in [7, 11) is 0. The van der Waals surface area contributed by atoms with Gasteiger partial charge in [0.05, 0.1) is 0 Å². The van der Waals surface area contributed by atoms with Crippen LogP contribution in [0.2, 0.25) is 0 Å². The number of carbonyl (C=O) groups excluding carboxylic acids is 2. The van der Waals surface area contributed by atoms with Gasteiger partial charge in [-0.1, -0.05) is 30.3 Å². The number of carbonyl (C=O) groups is 2. The number of hydrogen-bond acceptors (Lipinski definition) is 4. The van der Waals surface area contributed by atoms with Crippen LogP contribution in [0, 0.1) is 0 Å². The maximum Gasteiger partial charge on any atom is 0.405 e. The SMILES string of the molecule is NC(=O)CCCC(Cc1ccccc1)N1CCNCC1C(=O)NCC(F)(F)F. The lowest BCUT2D eigenvalue weighted by Crippen LogP contribution is -2.61. The van der Waals surface area contributed by atoms with Crippen molar-refractivity contribution in [3.63, 3.8) is 0 Å². The number of benzene rings is 1. The molecule has 2 amide bonds. The van der Waals surface area contributed by atoms with Gasteiger partial charge in [-0.3, -0.25) is 14.5 Å². The smallest absolute Gasteiger partial charge is 0.370 e. The highest BCUT2D eigenvalue weighted by Crippen LogP contribution is 2.20. The molecule has 0 bridgehead atoms. The third-order valence-electron chi connectivity index (χ3n) is 4.79. The van der Waals surface area contributed by atoms with Crippen LogP contribution in [0.5, 0.6) is 0 Å². The van der Waals surface area contributed by atoms with Crippen molar-refractivity contribution in [3.8, 4) is 0 Å². The zero-order chi connectivity index (χ0) is 20.6. The maximum absolute atomic E-state index is 12.5. The van der Waals surface area contributed by atoms with E-state index in [1.54, 1.807) is 0 Å². The molecule has 2 atom stereocenters. The molecule has 156 valence electrons. The summed E-state index contributed by atoms with van der Waals surface area (Å²) in [6.45, 7) is 0.119. The largest absolute Gasteiger partial charge is 0.405 e. The van der Waals surface area contributed by atoms with Crippen molar-refractivity contribution in [2.24, 2.45) is 5.73 Å². The highest BCUT2D eigenvalue weighted by atomic mass is 19.4. The van der Waals surface area contributed by atoms with Crippen LogP contribution in [0.4, 0.5) is 13.2 Å². The molecule has 28 heavy (non-hydrogen) atoms. The number of halogens is 3. The molecule has 0 spiro atoms. The summed E-state index contributed by atoms with van der Waals surface area (Å²) in [5, 5.41) is 5.07. The predicted octanol–water partition coefficient (Wildman–Crippen LogP) is 1.21. The molecule has 0 radical (unpaired) electrons. The first-order valence-corrected chi connectivity index (χ1v) is 9.39. The van der Waals surface area contributed by atoms with Gasteiger partial charge in [-0.25, -0.2) is 0 Å². The molecule has 9 heteroatoms. The Morgan fingerprint density at radius 2 is 2.00 bits per heavy atom. The third-order valence-corrected chi connectivity index (χ3v) is 4.79. The number of amides is 2. The molecular weight excluding hydrogens is 373 g/mol. The second-order valence-corrected chi connectivity index (χ2v) is 6.99. The van der Waals surface area contributed by atoms with Crippen molar-refractivity contribution in [1.82, 2.24) is 15.5 Å². The van der Waals surface area contributed by atoms with Crippen LogP contribution in [-0.4, -0.2) is 61.2 Å². The Bertz CT molecular complexity index is 640. The molecular formula is C19H27F3N4O2. The molecule has 1 aromatic rings. The van der Waals surface area contributed by atoms with Crippen LogP contribution in [-0.2, 0) is 16.0 Å². The Kier molecular flexibility index (Phi) is 8.25.